The number of aromatic nitrogens is 2. The van der Waals surface area contributed by atoms with Gasteiger partial charge >= 0.3 is 0 Å². The maximum Gasteiger partial charge on any atom is 0.247 e. The monoisotopic (exact) mass is 396 g/mol. The molecule has 0 aliphatic heterocycles. The first-order chi connectivity index (χ1) is 14.0. The van der Waals surface area contributed by atoms with Gasteiger partial charge in [0, 0.05) is 11.3 Å². The SMILES string of the molecule is COc1ccc(NC(=O)CN(C)[C@@H](C)c2nnc(-c3ccc(OC)cc3)o2)cc1. The van der Waals surface area contributed by atoms with Gasteiger partial charge in [-0.3, -0.25) is 9.69 Å². The molecule has 0 fully saturated rings. The molecule has 0 radical (unpaired) electrons. The number of hydrogen-bond acceptors (Lipinski definition) is 7. The lowest BCUT2D eigenvalue weighted by atomic mass is 10.2. The van der Waals surface area contributed by atoms with Crippen LogP contribution in [0.1, 0.15) is 18.9 Å². The molecule has 0 saturated heterocycles. The first-order valence-electron chi connectivity index (χ1n) is 9.12. The van der Waals surface area contributed by atoms with E-state index in [0.717, 1.165) is 17.1 Å². The third kappa shape index (κ3) is 5.11. The minimum Gasteiger partial charge on any atom is -0.497 e. The summed E-state index contributed by atoms with van der Waals surface area (Å²) in [4.78, 5) is 14.2. The van der Waals surface area contributed by atoms with E-state index in [9.17, 15) is 4.79 Å². The highest BCUT2D eigenvalue weighted by Crippen LogP contribution is 2.25. The highest BCUT2D eigenvalue weighted by atomic mass is 16.5. The molecule has 0 aliphatic carbocycles. The largest absolute Gasteiger partial charge is 0.497 e. The molecule has 2 aromatic carbocycles. The molecular formula is C21H24N4O4. The minimum atomic E-state index is -0.226. The van der Waals surface area contributed by atoms with Crippen molar-refractivity contribution in [3.63, 3.8) is 0 Å². The van der Waals surface area contributed by atoms with Crippen LogP contribution in [0.25, 0.3) is 11.5 Å². The van der Waals surface area contributed by atoms with Gasteiger partial charge in [0.05, 0.1) is 26.8 Å². The van der Waals surface area contributed by atoms with Gasteiger partial charge in [0.2, 0.25) is 17.7 Å². The maximum atomic E-state index is 12.3. The summed E-state index contributed by atoms with van der Waals surface area (Å²) in [5.74, 6) is 2.21. The van der Waals surface area contributed by atoms with Crippen LogP contribution in [-0.2, 0) is 4.79 Å². The second kappa shape index (κ2) is 9.20. The van der Waals surface area contributed by atoms with Gasteiger partial charge in [-0.05, 0) is 62.5 Å². The van der Waals surface area contributed by atoms with Gasteiger partial charge in [0.25, 0.3) is 0 Å². The fourth-order valence-electron chi connectivity index (χ4n) is 2.68. The smallest absolute Gasteiger partial charge is 0.247 e. The molecule has 0 unspecified atom stereocenters. The number of nitrogens with zero attached hydrogens (tertiary/aromatic N) is 3. The van der Waals surface area contributed by atoms with Gasteiger partial charge in [0.1, 0.15) is 11.5 Å². The van der Waals surface area contributed by atoms with Crippen LogP contribution in [-0.4, -0.2) is 48.8 Å². The van der Waals surface area contributed by atoms with Crippen molar-refractivity contribution in [1.29, 1.82) is 0 Å². The Bertz CT molecular complexity index is 938. The van der Waals surface area contributed by atoms with Gasteiger partial charge in [-0.1, -0.05) is 0 Å². The van der Waals surface area contributed by atoms with Gasteiger partial charge in [-0.15, -0.1) is 10.2 Å². The number of anilines is 1. The van der Waals surface area contributed by atoms with Crippen LogP contribution >= 0.6 is 0 Å². The first-order valence-corrected chi connectivity index (χ1v) is 9.12. The average molecular weight is 396 g/mol. The summed E-state index contributed by atoms with van der Waals surface area (Å²) in [6.45, 7) is 2.08. The van der Waals surface area contributed by atoms with Crippen molar-refractivity contribution in [2.45, 2.75) is 13.0 Å². The van der Waals surface area contributed by atoms with Crippen molar-refractivity contribution in [2.75, 3.05) is 33.1 Å². The van der Waals surface area contributed by atoms with E-state index in [1.807, 2.05) is 43.1 Å². The molecule has 1 amide bonds. The summed E-state index contributed by atoms with van der Waals surface area (Å²) in [5.41, 5.74) is 1.51. The molecule has 152 valence electrons. The molecule has 8 heteroatoms. The highest BCUT2D eigenvalue weighted by Gasteiger charge is 2.21. The van der Waals surface area contributed by atoms with Crippen molar-refractivity contribution >= 4 is 11.6 Å². The van der Waals surface area contributed by atoms with Crippen LogP contribution in [0.2, 0.25) is 0 Å². The van der Waals surface area contributed by atoms with Crippen LogP contribution in [0, 0.1) is 0 Å². The Morgan fingerprint density at radius 1 is 1.03 bits per heavy atom. The van der Waals surface area contributed by atoms with Gasteiger partial charge in [-0.2, -0.15) is 0 Å². The average Bonchev–Trinajstić information content (AvgIpc) is 3.24. The predicted molar refractivity (Wildman–Crippen MR) is 109 cm³/mol. The van der Waals surface area contributed by atoms with E-state index in [0.29, 0.717) is 17.5 Å². The number of likely N-dealkylation sites (N-methyl/N-ethyl adjacent to an activating group) is 1. The van der Waals surface area contributed by atoms with Crippen LogP contribution < -0.4 is 14.8 Å². The highest BCUT2D eigenvalue weighted by molar-refractivity contribution is 5.92. The third-order valence-electron chi connectivity index (χ3n) is 4.56. The molecule has 1 heterocycles. The van der Waals surface area contributed by atoms with E-state index in [-0.39, 0.29) is 18.5 Å². The summed E-state index contributed by atoms with van der Waals surface area (Å²) in [6, 6.07) is 14.3. The quantitative estimate of drug-likeness (QED) is 0.624. The fourth-order valence-corrected chi connectivity index (χ4v) is 2.68. The third-order valence-corrected chi connectivity index (χ3v) is 4.56. The standard InChI is InChI=1S/C21H24N4O4/c1-14(20-23-24-21(29-20)15-5-9-17(27-3)10-6-15)25(2)13-19(26)22-16-7-11-18(28-4)12-8-16/h5-12,14H,13H2,1-4H3,(H,22,26)/t14-/m0/s1. The summed E-state index contributed by atoms with van der Waals surface area (Å²) in [6.07, 6.45) is 0. The van der Waals surface area contributed by atoms with Crippen molar-refractivity contribution in [3.05, 3.63) is 54.4 Å². The Balaban J connectivity index is 1.59. The number of hydrogen-bond donors (Lipinski definition) is 1. The maximum absolute atomic E-state index is 12.3. The van der Waals surface area contributed by atoms with E-state index in [1.54, 1.807) is 38.5 Å². The molecule has 8 nitrogen and oxygen atoms in total. The molecule has 3 aromatic rings. The topological polar surface area (TPSA) is 89.7 Å². The Hall–Kier alpha value is -3.39. The predicted octanol–water partition coefficient (Wildman–Crippen LogP) is 3.39. The molecule has 1 N–H and O–H groups in total. The number of rotatable bonds is 8. The van der Waals surface area contributed by atoms with E-state index in [1.165, 1.54) is 0 Å². The first kappa shape index (κ1) is 20.3. The zero-order chi connectivity index (χ0) is 20.8. The summed E-state index contributed by atoms with van der Waals surface area (Å²) >= 11 is 0. The molecule has 1 aromatic heterocycles. The van der Waals surface area contributed by atoms with E-state index in [4.69, 9.17) is 13.9 Å². The minimum absolute atomic E-state index is 0.139. The van der Waals surface area contributed by atoms with Gasteiger partial charge < -0.3 is 19.2 Å². The van der Waals surface area contributed by atoms with Crippen LogP contribution in [0.3, 0.4) is 0 Å². The lowest BCUT2D eigenvalue weighted by Gasteiger charge is -2.21. The Labute approximate surface area is 169 Å². The second-order valence-electron chi connectivity index (χ2n) is 6.54. The molecule has 0 bridgehead atoms. The lowest BCUT2D eigenvalue weighted by Crippen LogP contribution is -2.32. The Morgan fingerprint density at radius 3 is 2.21 bits per heavy atom. The van der Waals surface area contributed by atoms with Crippen LogP contribution in [0.5, 0.6) is 11.5 Å². The summed E-state index contributed by atoms with van der Waals surface area (Å²) < 4.78 is 16.1. The molecular weight excluding hydrogens is 372 g/mol. The zero-order valence-corrected chi connectivity index (χ0v) is 16.9. The lowest BCUT2D eigenvalue weighted by molar-refractivity contribution is -0.117. The fraction of sp³-hybridized carbons (Fsp3) is 0.286. The molecule has 0 saturated carbocycles. The van der Waals surface area contributed by atoms with Crippen molar-refractivity contribution in [1.82, 2.24) is 15.1 Å². The van der Waals surface area contributed by atoms with Gasteiger partial charge in [-0.25, -0.2) is 0 Å². The summed E-state index contributed by atoms with van der Waals surface area (Å²) in [7, 11) is 5.04. The second-order valence-corrected chi connectivity index (χ2v) is 6.54. The number of amides is 1. The van der Waals surface area contributed by atoms with Gasteiger partial charge in [0.15, 0.2) is 0 Å². The van der Waals surface area contributed by atoms with Crippen LogP contribution in [0.4, 0.5) is 5.69 Å². The number of carbonyl (C=O) groups excluding carboxylic acids is 1. The summed E-state index contributed by atoms with van der Waals surface area (Å²) in [5, 5.41) is 11.1. The van der Waals surface area contributed by atoms with Crippen molar-refractivity contribution in [3.8, 4) is 23.0 Å². The van der Waals surface area contributed by atoms with Crippen LogP contribution in [0.15, 0.2) is 52.9 Å². The number of methoxy groups -OCH3 is 2. The number of benzene rings is 2. The van der Waals surface area contributed by atoms with Crippen molar-refractivity contribution < 1.29 is 18.7 Å². The van der Waals surface area contributed by atoms with E-state index in [2.05, 4.69) is 15.5 Å². The molecule has 0 aliphatic rings. The molecule has 29 heavy (non-hydrogen) atoms. The van der Waals surface area contributed by atoms with E-state index < -0.39 is 0 Å². The zero-order valence-electron chi connectivity index (χ0n) is 16.9. The molecule has 0 spiro atoms. The number of ether oxygens (including phenoxy) is 2. The Kier molecular flexibility index (Phi) is 6.46. The Morgan fingerprint density at radius 2 is 1.62 bits per heavy atom. The number of nitrogens with one attached hydrogen (secondary N) is 1. The van der Waals surface area contributed by atoms with E-state index >= 15 is 0 Å². The van der Waals surface area contributed by atoms with Crippen molar-refractivity contribution in [2.24, 2.45) is 0 Å². The number of carbonyl (C=O) groups is 1. The molecule has 3 rings (SSSR count). The molecule has 1 atom stereocenters. The normalized spacial score (nSPS) is 11.9.